The highest BCUT2D eigenvalue weighted by Crippen LogP contribution is 2.30. The highest BCUT2D eigenvalue weighted by atomic mass is 35.5. The summed E-state index contributed by atoms with van der Waals surface area (Å²) in [5.41, 5.74) is 0.575. The Morgan fingerprint density at radius 3 is 2.69 bits per heavy atom. The summed E-state index contributed by atoms with van der Waals surface area (Å²) >= 11 is 5.97. The molecule has 1 N–H and O–H groups in total. The third-order valence-electron chi connectivity index (χ3n) is 5.38. The van der Waals surface area contributed by atoms with Crippen molar-refractivity contribution in [2.75, 3.05) is 26.7 Å². The van der Waals surface area contributed by atoms with Gasteiger partial charge in [-0.15, -0.1) is 0 Å². The number of carbonyl (C=O) groups excluding carboxylic acids is 1. The third-order valence-corrected chi connectivity index (χ3v) is 5.70. The van der Waals surface area contributed by atoms with Crippen LogP contribution in [0.3, 0.4) is 0 Å². The molecule has 5 nitrogen and oxygen atoms in total. The normalized spacial score (nSPS) is 22.9. The molecular formula is C20H24ClF3N4O. The highest BCUT2D eigenvalue weighted by Gasteiger charge is 2.37. The number of nitrogens with zero attached hydrogens (tertiary/aromatic N) is 3. The summed E-state index contributed by atoms with van der Waals surface area (Å²) in [6, 6.07) is 3.67. The Kier molecular flexibility index (Phi) is 6.53. The summed E-state index contributed by atoms with van der Waals surface area (Å²) in [5.74, 6) is -4.03. The Balaban J connectivity index is 1.78. The average molecular weight is 429 g/mol. The van der Waals surface area contributed by atoms with E-state index in [0.717, 1.165) is 11.6 Å². The lowest BCUT2D eigenvalue weighted by atomic mass is 10.00. The van der Waals surface area contributed by atoms with Gasteiger partial charge >= 0.3 is 0 Å². The van der Waals surface area contributed by atoms with E-state index in [1.807, 2.05) is 30.0 Å². The zero-order valence-corrected chi connectivity index (χ0v) is 17.1. The SMILES string of the molecule is CC1N=CC(C(CNC(=O)c2c(F)cccc2Cl)N2CCC(F)(F)CC2)=CN1C. The smallest absolute Gasteiger partial charge is 0.255 e. The predicted molar refractivity (Wildman–Crippen MR) is 107 cm³/mol. The van der Waals surface area contributed by atoms with Crippen molar-refractivity contribution in [3.63, 3.8) is 0 Å². The second kappa shape index (κ2) is 8.75. The molecule has 0 radical (unpaired) electrons. The van der Waals surface area contributed by atoms with Gasteiger partial charge < -0.3 is 10.2 Å². The molecule has 2 aliphatic rings. The van der Waals surface area contributed by atoms with E-state index in [0.29, 0.717) is 0 Å². The van der Waals surface area contributed by atoms with Gasteiger partial charge in [-0.25, -0.2) is 13.2 Å². The molecule has 2 heterocycles. The van der Waals surface area contributed by atoms with Gasteiger partial charge in [0.1, 0.15) is 12.0 Å². The fourth-order valence-electron chi connectivity index (χ4n) is 3.46. The molecule has 1 saturated heterocycles. The number of benzene rings is 1. The fraction of sp³-hybridized carbons (Fsp3) is 0.500. The van der Waals surface area contributed by atoms with E-state index in [1.165, 1.54) is 12.1 Å². The largest absolute Gasteiger partial charge is 0.359 e. The van der Waals surface area contributed by atoms with E-state index < -0.39 is 17.6 Å². The lowest BCUT2D eigenvalue weighted by Crippen LogP contribution is -2.51. The number of halogens is 4. The summed E-state index contributed by atoms with van der Waals surface area (Å²) in [6.07, 6.45) is 3.10. The molecule has 0 bridgehead atoms. The number of aliphatic imine (C=N–C) groups is 1. The Bertz CT molecular complexity index is 800. The van der Waals surface area contributed by atoms with E-state index >= 15 is 0 Å². The Morgan fingerprint density at radius 1 is 1.38 bits per heavy atom. The van der Waals surface area contributed by atoms with Crippen molar-refractivity contribution in [1.29, 1.82) is 0 Å². The van der Waals surface area contributed by atoms with Crippen LogP contribution in [-0.2, 0) is 0 Å². The number of rotatable bonds is 5. The molecule has 29 heavy (non-hydrogen) atoms. The van der Waals surface area contributed by atoms with Crippen molar-refractivity contribution >= 4 is 23.7 Å². The number of piperidine rings is 1. The zero-order valence-electron chi connectivity index (χ0n) is 16.3. The van der Waals surface area contributed by atoms with Crippen LogP contribution in [0.15, 0.2) is 35.0 Å². The zero-order chi connectivity index (χ0) is 21.2. The molecule has 1 fully saturated rings. The van der Waals surface area contributed by atoms with Crippen molar-refractivity contribution in [3.05, 3.63) is 46.4 Å². The quantitative estimate of drug-likeness (QED) is 0.780. The second-order valence-corrected chi connectivity index (χ2v) is 7.83. The van der Waals surface area contributed by atoms with Gasteiger partial charge in [0, 0.05) is 57.5 Å². The summed E-state index contributed by atoms with van der Waals surface area (Å²) in [7, 11) is 1.88. The molecule has 0 aliphatic carbocycles. The topological polar surface area (TPSA) is 47.9 Å². The monoisotopic (exact) mass is 428 g/mol. The summed E-state index contributed by atoms with van der Waals surface area (Å²) in [5, 5.41) is 2.73. The Labute approximate surface area is 173 Å². The first-order valence-electron chi connectivity index (χ1n) is 9.49. The second-order valence-electron chi connectivity index (χ2n) is 7.42. The number of nitrogens with one attached hydrogen (secondary N) is 1. The van der Waals surface area contributed by atoms with Crippen molar-refractivity contribution < 1.29 is 18.0 Å². The molecule has 158 valence electrons. The minimum atomic E-state index is -2.68. The molecule has 0 saturated carbocycles. The number of amides is 1. The molecule has 2 unspecified atom stereocenters. The van der Waals surface area contributed by atoms with Crippen molar-refractivity contribution in [2.45, 2.75) is 37.9 Å². The van der Waals surface area contributed by atoms with Crippen LogP contribution in [-0.4, -0.2) is 66.7 Å². The lowest BCUT2D eigenvalue weighted by Gasteiger charge is -2.39. The number of hydrogen-bond acceptors (Lipinski definition) is 4. The van der Waals surface area contributed by atoms with Gasteiger partial charge in [-0.05, 0) is 19.1 Å². The van der Waals surface area contributed by atoms with Gasteiger partial charge in [-0.1, -0.05) is 17.7 Å². The van der Waals surface area contributed by atoms with Crippen LogP contribution in [0.1, 0.15) is 30.1 Å². The van der Waals surface area contributed by atoms with Gasteiger partial charge in [0.25, 0.3) is 11.8 Å². The van der Waals surface area contributed by atoms with Crippen LogP contribution in [0.25, 0.3) is 0 Å². The highest BCUT2D eigenvalue weighted by molar-refractivity contribution is 6.33. The van der Waals surface area contributed by atoms with Crippen LogP contribution in [0.2, 0.25) is 5.02 Å². The van der Waals surface area contributed by atoms with Crippen LogP contribution in [0, 0.1) is 5.82 Å². The molecule has 9 heteroatoms. The molecule has 2 aliphatic heterocycles. The van der Waals surface area contributed by atoms with E-state index in [2.05, 4.69) is 10.3 Å². The average Bonchev–Trinajstić information content (AvgIpc) is 2.65. The number of alkyl halides is 2. The van der Waals surface area contributed by atoms with Crippen LogP contribution in [0.5, 0.6) is 0 Å². The molecule has 0 aromatic heterocycles. The maximum atomic E-state index is 14.0. The fourth-order valence-corrected chi connectivity index (χ4v) is 3.71. The van der Waals surface area contributed by atoms with E-state index in [9.17, 15) is 18.0 Å². The van der Waals surface area contributed by atoms with Gasteiger partial charge in [0.05, 0.1) is 16.6 Å². The minimum Gasteiger partial charge on any atom is -0.359 e. The van der Waals surface area contributed by atoms with Gasteiger partial charge in [-0.2, -0.15) is 0 Å². The van der Waals surface area contributed by atoms with E-state index in [-0.39, 0.29) is 55.3 Å². The van der Waals surface area contributed by atoms with Gasteiger partial charge in [0.15, 0.2) is 0 Å². The molecule has 1 aromatic carbocycles. The number of carbonyl (C=O) groups is 1. The lowest BCUT2D eigenvalue weighted by molar-refractivity contribution is -0.0599. The number of likely N-dealkylation sites (tertiary alicyclic amines) is 1. The van der Waals surface area contributed by atoms with E-state index in [4.69, 9.17) is 11.6 Å². The van der Waals surface area contributed by atoms with Crippen molar-refractivity contribution in [3.8, 4) is 0 Å². The Morgan fingerprint density at radius 2 is 2.07 bits per heavy atom. The van der Waals surface area contributed by atoms with Crippen molar-refractivity contribution in [2.24, 2.45) is 4.99 Å². The molecule has 0 spiro atoms. The minimum absolute atomic E-state index is 0.0173. The molecular weight excluding hydrogens is 405 g/mol. The predicted octanol–water partition coefficient (Wildman–Crippen LogP) is 3.55. The van der Waals surface area contributed by atoms with Crippen LogP contribution < -0.4 is 5.32 Å². The van der Waals surface area contributed by atoms with E-state index in [1.54, 1.807) is 6.21 Å². The molecule has 2 atom stereocenters. The van der Waals surface area contributed by atoms with Crippen LogP contribution >= 0.6 is 11.6 Å². The number of hydrogen-bond donors (Lipinski definition) is 1. The Hall–Kier alpha value is -2.06. The molecule has 1 aromatic rings. The maximum absolute atomic E-state index is 14.0. The van der Waals surface area contributed by atoms with Gasteiger partial charge in [0.2, 0.25) is 0 Å². The van der Waals surface area contributed by atoms with Gasteiger partial charge in [-0.3, -0.25) is 14.7 Å². The first-order valence-corrected chi connectivity index (χ1v) is 9.86. The summed E-state index contributed by atoms with van der Waals surface area (Å²) in [4.78, 5) is 20.8. The van der Waals surface area contributed by atoms with Crippen molar-refractivity contribution in [1.82, 2.24) is 15.1 Å². The maximum Gasteiger partial charge on any atom is 0.255 e. The first-order chi connectivity index (χ1) is 13.7. The third kappa shape index (κ3) is 5.11. The summed E-state index contributed by atoms with van der Waals surface area (Å²) < 4.78 is 41.3. The standard InChI is InChI=1S/C20H24ClF3N4O/c1-13-25-10-14(12-27(13)2)17(28-8-6-20(23,24)7-9-28)11-26-19(29)18-15(21)4-3-5-16(18)22/h3-5,10,12-13,17H,6-9,11H2,1-2H3,(H,26,29). The first kappa shape index (κ1) is 21.6. The summed E-state index contributed by atoms with van der Waals surface area (Å²) in [6.45, 7) is 2.44. The molecule has 1 amide bonds. The molecule has 3 rings (SSSR count). The van der Waals surface area contributed by atoms with Crippen LogP contribution in [0.4, 0.5) is 13.2 Å².